The lowest BCUT2D eigenvalue weighted by Crippen LogP contribution is -2.09. The second kappa shape index (κ2) is 6.06. The summed E-state index contributed by atoms with van der Waals surface area (Å²) in [5.41, 5.74) is 6.30. The average molecular weight is 275 g/mol. The Morgan fingerprint density at radius 1 is 1.25 bits per heavy atom. The van der Waals surface area contributed by atoms with Crippen molar-refractivity contribution in [3.05, 3.63) is 59.4 Å². The summed E-state index contributed by atoms with van der Waals surface area (Å²) in [5, 5.41) is 0. The summed E-state index contributed by atoms with van der Waals surface area (Å²) >= 11 is 0. The van der Waals surface area contributed by atoms with Gasteiger partial charge in [0.1, 0.15) is 18.2 Å². The Morgan fingerprint density at radius 2 is 1.95 bits per heavy atom. The van der Waals surface area contributed by atoms with Gasteiger partial charge in [-0.25, -0.2) is 9.18 Å². The first kappa shape index (κ1) is 13.9. The molecule has 2 aromatic carbocycles. The monoisotopic (exact) mass is 275 g/mol. The fourth-order valence-corrected chi connectivity index (χ4v) is 1.70. The summed E-state index contributed by atoms with van der Waals surface area (Å²) in [6.07, 6.45) is 0. The van der Waals surface area contributed by atoms with E-state index in [1.807, 2.05) is 30.3 Å². The molecule has 0 fully saturated rings. The van der Waals surface area contributed by atoms with Crippen LogP contribution in [0.15, 0.2) is 42.5 Å². The fraction of sp³-hybridized carbons (Fsp3) is 0.133. The summed E-state index contributed by atoms with van der Waals surface area (Å²) in [7, 11) is 1.39. The topological polar surface area (TPSA) is 61.5 Å². The highest BCUT2D eigenvalue weighted by Crippen LogP contribution is 2.25. The van der Waals surface area contributed by atoms with Crippen molar-refractivity contribution in [2.24, 2.45) is 0 Å². The summed E-state index contributed by atoms with van der Waals surface area (Å²) in [6.45, 7) is 0.0752. The Morgan fingerprint density at radius 3 is 2.60 bits per heavy atom. The van der Waals surface area contributed by atoms with Gasteiger partial charge in [0.2, 0.25) is 0 Å². The molecule has 0 aliphatic heterocycles. The molecule has 0 spiro atoms. The smallest absolute Gasteiger partial charge is 0.341 e. The van der Waals surface area contributed by atoms with Crippen molar-refractivity contribution < 1.29 is 18.7 Å². The molecule has 0 bridgehead atoms. The fourth-order valence-electron chi connectivity index (χ4n) is 1.70. The van der Waals surface area contributed by atoms with Crippen LogP contribution in [-0.4, -0.2) is 13.1 Å². The van der Waals surface area contributed by atoms with Crippen molar-refractivity contribution in [2.75, 3.05) is 12.8 Å². The quantitative estimate of drug-likeness (QED) is 0.688. The number of carbonyl (C=O) groups is 1. The van der Waals surface area contributed by atoms with Gasteiger partial charge < -0.3 is 15.2 Å². The molecule has 2 rings (SSSR count). The molecule has 5 heteroatoms. The van der Waals surface area contributed by atoms with Crippen LogP contribution in [0.5, 0.6) is 5.75 Å². The number of rotatable bonds is 4. The van der Waals surface area contributed by atoms with E-state index < -0.39 is 11.8 Å². The number of ether oxygens (including phenoxy) is 2. The maximum atomic E-state index is 13.7. The van der Waals surface area contributed by atoms with E-state index >= 15 is 0 Å². The number of anilines is 1. The largest absolute Gasteiger partial charge is 0.495 e. The number of hydrogen-bond acceptors (Lipinski definition) is 4. The average Bonchev–Trinajstić information content (AvgIpc) is 2.46. The van der Waals surface area contributed by atoms with Gasteiger partial charge in [0.05, 0.1) is 18.4 Å². The van der Waals surface area contributed by atoms with Gasteiger partial charge in [-0.15, -0.1) is 0 Å². The summed E-state index contributed by atoms with van der Waals surface area (Å²) < 4.78 is 23.7. The highest BCUT2D eigenvalue weighted by molar-refractivity contribution is 5.91. The molecule has 4 nitrogen and oxygen atoms in total. The minimum absolute atomic E-state index is 0.0752. The minimum Gasteiger partial charge on any atom is -0.495 e. The van der Waals surface area contributed by atoms with Gasteiger partial charge in [-0.2, -0.15) is 0 Å². The van der Waals surface area contributed by atoms with Crippen molar-refractivity contribution >= 4 is 11.7 Å². The van der Waals surface area contributed by atoms with Gasteiger partial charge in [0.25, 0.3) is 0 Å². The minimum atomic E-state index is -0.760. The van der Waals surface area contributed by atoms with Crippen molar-refractivity contribution in [3.63, 3.8) is 0 Å². The summed E-state index contributed by atoms with van der Waals surface area (Å²) in [6, 6.07) is 11.4. The molecule has 20 heavy (non-hydrogen) atoms. The molecule has 2 N–H and O–H groups in total. The zero-order valence-electron chi connectivity index (χ0n) is 10.9. The van der Waals surface area contributed by atoms with Crippen LogP contribution in [0.3, 0.4) is 0 Å². The Labute approximate surface area is 115 Å². The van der Waals surface area contributed by atoms with Gasteiger partial charge in [-0.3, -0.25) is 0 Å². The lowest BCUT2D eigenvalue weighted by molar-refractivity contribution is 0.0467. The number of nitrogen functional groups attached to an aromatic ring is 1. The third-order valence-electron chi connectivity index (χ3n) is 2.75. The Kier molecular flexibility index (Phi) is 4.20. The highest BCUT2D eigenvalue weighted by atomic mass is 19.1. The molecule has 0 saturated carbocycles. The number of halogens is 1. The maximum absolute atomic E-state index is 13.7. The molecule has 0 radical (unpaired) electrons. The van der Waals surface area contributed by atoms with Crippen LogP contribution in [-0.2, 0) is 11.3 Å². The van der Waals surface area contributed by atoms with Crippen molar-refractivity contribution in [3.8, 4) is 5.75 Å². The van der Waals surface area contributed by atoms with E-state index in [0.717, 1.165) is 11.6 Å². The van der Waals surface area contributed by atoms with Crippen LogP contribution in [0.4, 0.5) is 10.1 Å². The molecule has 104 valence electrons. The molecule has 0 aromatic heterocycles. The third kappa shape index (κ3) is 3.06. The number of methoxy groups -OCH3 is 1. The van der Waals surface area contributed by atoms with Gasteiger partial charge in [0.15, 0.2) is 0 Å². The zero-order valence-corrected chi connectivity index (χ0v) is 10.9. The van der Waals surface area contributed by atoms with Crippen molar-refractivity contribution in [1.82, 2.24) is 0 Å². The van der Waals surface area contributed by atoms with Gasteiger partial charge >= 0.3 is 5.97 Å². The molecular weight excluding hydrogens is 261 g/mol. The van der Waals surface area contributed by atoms with Crippen molar-refractivity contribution in [1.29, 1.82) is 0 Å². The predicted octanol–water partition coefficient (Wildman–Crippen LogP) is 2.77. The van der Waals surface area contributed by atoms with Gasteiger partial charge in [-0.1, -0.05) is 30.3 Å². The van der Waals surface area contributed by atoms with Gasteiger partial charge in [0, 0.05) is 6.07 Å². The van der Waals surface area contributed by atoms with Crippen LogP contribution < -0.4 is 10.5 Å². The number of nitrogens with two attached hydrogens (primary N) is 1. The number of benzene rings is 2. The second-order valence-corrected chi connectivity index (χ2v) is 4.14. The number of esters is 1. The molecule has 0 atom stereocenters. The molecule has 0 saturated heterocycles. The SMILES string of the molecule is COc1cc(C(=O)OCc2ccccc2)c(F)cc1N. The Hall–Kier alpha value is -2.56. The van der Waals surface area contributed by atoms with E-state index in [-0.39, 0.29) is 23.6 Å². The molecule has 0 aliphatic rings. The maximum Gasteiger partial charge on any atom is 0.341 e. The van der Waals surface area contributed by atoms with Gasteiger partial charge in [-0.05, 0) is 11.6 Å². The molecule has 0 unspecified atom stereocenters. The summed E-state index contributed by atoms with van der Waals surface area (Å²) in [4.78, 5) is 11.9. The van der Waals surface area contributed by atoms with E-state index in [4.69, 9.17) is 15.2 Å². The van der Waals surface area contributed by atoms with E-state index in [9.17, 15) is 9.18 Å². The molecule has 2 aromatic rings. The normalized spacial score (nSPS) is 10.1. The van der Waals surface area contributed by atoms with E-state index in [1.54, 1.807) is 0 Å². The first-order chi connectivity index (χ1) is 9.61. The lowest BCUT2D eigenvalue weighted by Gasteiger charge is -2.09. The molecule has 0 heterocycles. The number of hydrogen-bond donors (Lipinski definition) is 1. The third-order valence-corrected chi connectivity index (χ3v) is 2.75. The highest BCUT2D eigenvalue weighted by Gasteiger charge is 2.16. The molecular formula is C15H14FNO3. The molecule has 0 amide bonds. The van der Waals surface area contributed by atoms with E-state index in [1.165, 1.54) is 13.2 Å². The van der Waals surface area contributed by atoms with Crippen LogP contribution in [0.2, 0.25) is 0 Å². The van der Waals surface area contributed by atoms with E-state index in [2.05, 4.69) is 0 Å². The second-order valence-electron chi connectivity index (χ2n) is 4.14. The zero-order chi connectivity index (χ0) is 14.5. The standard InChI is InChI=1S/C15H14FNO3/c1-19-14-7-11(12(16)8-13(14)17)15(18)20-9-10-5-3-2-4-6-10/h2-8H,9,17H2,1H3. The first-order valence-corrected chi connectivity index (χ1v) is 5.96. The van der Waals surface area contributed by atoms with Crippen molar-refractivity contribution in [2.45, 2.75) is 6.61 Å². The van der Waals surface area contributed by atoms with Crippen LogP contribution >= 0.6 is 0 Å². The first-order valence-electron chi connectivity index (χ1n) is 5.96. The predicted molar refractivity (Wildman–Crippen MR) is 72.9 cm³/mol. The summed E-state index contributed by atoms with van der Waals surface area (Å²) in [5.74, 6) is -1.26. The Balaban J connectivity index is 2.13. The molecule has 0 aliphatic carbocycles. The van der Waals surface area contributed by atoms with Crippen LogP contribution in [0, 0.1) is 5.82 Å². The van der Waals surface area contributed by atoms with Crippen LogP contribution in [0.1, 0.15) is 15.9 Å². The lowest BCUT2D eigenvalue weighted by atomic mass is 10.1. The van der Waals surface area contributed by atoms with E-state index in [0.29, 0.717) is 0 Å². The number of carbonyl (C=O) groups excluding carboxylic acids is 1. The Bertz CT molecular complexity index is 614. The van der Waals surface area contributed by atoms with Crippen LogP contribution in [0.25, 0.3) is 0 Å².